The lowest BCUT2D eigenvalue weighted by Gasteiger charge is -1.85. The van der Waals surface area contributed by atoms with Gasteiger partial charge < -0.3 is 0 Å². The molecule has 1 heteroatoms. The van der Waals surface area contributed by atoms with Crippen LogP contribution in [0.1, 0.15) is 0 Å². The standard InChI is InChI=1S/C7H5N/c1-2-7-5-3-4-6-8-7/h2,5-6H,1H2. The van der Waals surface area contributed by atoms with E-state index in [4.69, 9.17) is 0 Å². The van der Waals surface area contributed by atoms with E-state index in [2.05, 4.69) is 23.0 Å². The fourth-order valence-corrected chi connectivity index (χ4v) is 0.409. The second-order valence-electron chi connectivity index (χ2n) is 1.32. The summed E-state index contributed by atoms with van der Waals surface area (Å²) in [5, 5.41) is 0. The smallest absolute Gasteiger partial charge is 0.0777 e. The Morgan fingerprint density at radius 1 is 1.62 bits per heavy atom. The molecule has 0 saturated carbocycles. The van der Waals surface area contributed by atoms with E-state index < -0.39 is 0 Å². The SMILES string of the molecule is C=CC1=NC=C=C=C1. The zero-order valence-electron chi connectivity index (χ0n) is 4.39. The molecule has 0 unspecified atom stereocenters. The summed E-state index contributed by atoms with van der Waals surface area (Å²) in [7, 11) is 0. The predicted octanol–water partition coefficient (Wildman–Crippen LogP) is 1.45. The molecule has 0 radical (unpaired) electrons. The highest BCUT2D eigenvalue weighted by Crippen LogP contribution is 1.86. The number of nitrogens with zero attached hydrogens (tertiary/aromatic N) is 1. The van der Waals surface area contributed by atoms with Crippen molar-refractivity contribution < 1.29 is 0 Å². The molecular weight excluding hydrogens is 98.1 g/mol. The fourth-order valence-electron chi connectivity index (χ4n) is 0.409. The van der Waals surface area contributed by atoms with Crippen molar-refractivity contribution in [2.75, 3.05) is 0 Å². The molecule has 0 aromatic rings. The molecule has 0 aromatic carbocycles. The lowest BCUT2D eigenvalue weighted by Crippen LogP contribution is -1.83. The topological polar surface area (TPSA) is 12.4 Å². The number of rotatable bonds is 1. The minimum atomic E-state index is 0.837. The van der Waals surface area contributed by atoms with E-state index in [-0.39, 0.29) is 0 Å². The molecule has 0 amide bonds. The van der Waals surface area contributed by atoms with Crippen LogP contribution in [0, 0.1) is 0 Å². The average Bonchev–Trinajstić information content (AvgIpc) is 1.90. The zero-order valence-corrected chi connectivity index (χ0v) is 4.39. The van der Waals surface area contributed by atoms with Gasteiger partial charge >= 0.3 is 0 Å². The summed E-state index contributed by atoms with van der Waals surface area (Å²) in [4.78, 5) is 3.89. The van der Waals surface area contributed by atoms with Crippen LogP contribution in [0.15, 0.2) is 41.4 Å². The molecule has 0 N–H and O–H groups in total. The van der Waals surface area contributed by atoms with E-state index in [0.717, 1.165) is 5.71 Å². The van der Waals surface area contributed by atoms with Crippen LogP contribution in [-0.2, 0) is 0 Å². The lowest BCUT2D eigenvalue weighted by molar-refractivity contribution is 1.57. The molecule has 8 heavy (non-hydrogen) atoms. The Labute approximate surface area is 48.1 Å². The van der Waals surface area contributed by atoms with Gasteiger partial charge in [-0.15, -0.1) is 0 Å². The third-order valence-corrected chi connectivity index (χ3v) is 0.791. The molecule has 0 bridgehead atoms. The molecule has 0 aliphatic carbocycles. The van der Waals surface area contributed by atoms with Gasteiger partial charge in [-0.1, -0.05) is 12.3 Å². The number of allylic oxidation sites excluding steroid dienone is 2. The Bertz CT molecular complexity index is 221. The van der Waals surface area contributed by atoms with E-state index in [1.54, 1.807) is 18.4 Å². The largest absolute Gasteiger partial charge is 0.247 e. The fraction of sp³-hybridized carbons (Fsp3) is 0. The van der Waals surface area contributed by atoms with Crippen molar-refractivity contribution in [2.45, 2.75) is 0 Å². The second-order valence-corrected chi connectivity index (χ2v) is 1.32. The second kappa shape index (κ2) is 2.13. The van der Waals surface area contributed by atoms with E-state index in [1.807, 2.05) is 0 Å². The van der Waals surface area contributed by atoms with Gasteiger partial charge in [0.1, 0.15) is 0 Å². The average molecular weight is 103 g/mol. The number of hydrogen-bond donors (Lipinski definition) is 0. The molecule has 1 aliphatic rings. The first-order valence-electron chi connectivity index (χ1n) is 2.29. The molecule has 0 atom stereocenters. The van der Waals surface area contributed by atoms with Crippen molar-refractivity contribution in [3.8, 4) is 0 Å². The van der Waals surface area contributed by atoms with Crippen LogP contribution in [0.25, 0.3) is 0 Å². The Morgan fingerprint density at radius 3 is 2.88 bits per heavy atom. The van der Waals surface area contributed by atoms with Crippen molar-refractivity contribution >= 4 is 5.71 Å². The third kappa shape index (κ3) is 0.855. The van der Waals surface area contributed by atoms with Gasteiger partial charge in [0.2, 0.25) is 0 Å². The first kappa shape index (κ1) is 4.86. The predicted molar refractivity (Wildman–Crippen MR) is 33.8 cm³/mol. The Morgan fingerprint density at radius 2 is 2.50 bits per heavy atom. The van der Waals surface area contributed by atoms with Gasteiger partial charge in [0, 0.05) is 6.08 Å². The highest BCUT2D eigenvalue weighted by Gasteiger charge is 1.81. The maximum Gasteiger partial charge on any atom is 0.0777 e. The van der Waals surface area contributed by atoms with Crippen molar-refractivity contribution in [1.29, 1.82) is 0 Å². The molecule has 38 valence electrons. The quantitative estimate of drug-likeness (QED) is 0.445. The summed E-state index contributed by atoms with van der Waals surface area (Å²) in [6, 6.07) is 0. The van der Waals surface area contributed by atoms with Gasteiger partial charge in [0.05, 0.1) is 11.9 Å². The van der Waals surface area contributed by atoms with E-state index >= 15 is 0 Å². The molecule has 0 fully saturated rings. The van der Waals surface area contributed by atoms with Crippen LogP contribution in [0.2, 0.25) is 0 Å². The molecule has 0 saturated heterocycles. The van der Waals surface area contributed by atoms with Gasteiger partial charge in [-0.05, 0) is 11.8 Å². The highest BCUT2D eigenvalue weighted by molar-refractivity contribution is 6.04. The normalized spacial score (nSPS) is 13.8. The van der Waals surface area contributed by atoms with Crippen LogP contribution in [-0.4, -0.2) is 5.71 Å². The summed E-state index contributed by atoms with van der Waals surface area (Å²) >= 11 is 0. The van der Waals surface area contributed by atoms with Crippen molar-refractivity contribution in [1.82, 2.24) is 0 Å². The molecule has 0 aromatic heterocycles. The lowest BCUT2D eigenvalue weighted by atomic mass is 10.3. The number of hydrogen-bond acceptors (Lipinski definition) is 1. The van der Waals surface area contributed by atoms with Gasteiger partial charge in [-0.25, -0.2) is 4.99 Å². The van der Waals surface area contributed by atoms with Gasteiger partial charge in [0.25, 0.3) is 0 Å². The monoisotopic (exact) mass is 103 g/mol. The molecule has 1 nitrogen and oxygen atoms in total. The van der Waals surface area contributed by atoms with Crippen LogP contribution in [0.5, 0.6) is 0 Å². The van der Waals surface area contributed by atoms with Crippen molar-refractivity contribution in [2.24, 2.45) is 4.99 Å². The van der Waals surface area contributed by atoms with Crippen LogP contribution in [0.3, 0.4) is 0 Å². The zero-order chi connectivity index (χ0) is 5.82. The van der Waals surface area contributed by atoms with E-state index in [9.17, 15) is 0 Å². The summed E-state index contributed by atoms with van der Waals surface area (Å²) in [5.74, 6) is 0. The summed E-state index contributed by atoms with van der Waals surface area (Å²) in [5.41, 5.74) is 6.27. The van der Waals surface area contributed by atoms with Gasteiger partial charge in [-0.3, -0.25) is 0 Å². The molecular formula is C7H5N. The maximum absolute atomic E-state index is 3.89. The molecule has 1 rings (SSSR count). The maximum atomic E-state index is 3.89. The molecule has 0 spiro atoms. The third-order valence-electron chi connectivity index (χ3n) is 0.791. The molecule has 1 aliphatic heterocycles. The minimum Gasteiger partial charge on any atom is -0.247 e. The van der Waals surface area contributed by atoms with Crippen LogP contribution < -0.4 is 0 Å². The Hall–Kier alpha value is -1.29. The van der Waals surface area contributed by atoms with Crippen molar-refractivity contribution in [3.63, 3.8) is 0 Å². The molecule has 1 heterocycles. The first-order chi connectivity index (χ1) is 3.93. The highest BCUT2D eigenvalue weighted by atomic mass is 14.7. The van der Waals surface area contributed by atoms with Crippen LogP contribution >= 0.6 is 0 Å². The first-order valence-corrected chi connectivity index (χ1v) is 2.29. The Kier molecular flexibility index (Phi) is 1.29. The van der Waals surface area contributed by atoms with Crippen LogP contribution in [0.4, 0.5) is 0 Å². The number of aliphatic imine (C=N–C) groups is 1. The van der Waals surface area contributed by atoms with Gasteiger partial charge in [0.15, 0.2) is 0 Å². The van der Waals surface area contributed by atoms with E-state index in [0.29, 0.717) is 0 Å². The minimum absolute atomic E-state index is 0.837. The summed E-state index contributed by atoms with van der Waals surface area (Å²) in [6.07, 6.45) is 4.97. The summed E-state index contributed by atoms with van der Waals surface area (Å²) in [6.45, 7) is 3.53. The summed E-state index contributed by atoms with van der Waals surface area (Å²) < 4.78 is 0. The van der Waals surface area contributed by atoms with Gasteiger partial charge in [-0.2, -0.15) is 0 Å². The Balaban J connectivity index is 2.95. The van der Waals surface area contributed by atoms with E-state index in [1.165, 1.54) is 0 Å². The van der Waals surface area contributed by atoms with Crippen molar-refractivity contribution in [3.05, 3.63) is 36.4 Å².